The van der Waals surface area contributed by atoms with Crippen molar-refractivity contribution in [3.63, 3.8) is 0 Å². The standard InChI is InChI=1S/C24H25F3N2O3/c1-28-23(31)21-20-17(11-13-29-12-5-8-16(14-29)24(25,26)27)18(30)9-10-19(20)32-22(21)15-6-3-2-4-7-15/h2-4,6-7,9-10,16,30H,5,8,11-14H2,1H3,(H,28,31). The third kappa shape index (κ3) is 4.32. The number of amides is 1. The Labute approximate surface area is 183 Å². The number of fused-ring (bicyclic) bond motifs is 1. The second-order valence-electron chi connectivity index (χ2n) is 8.12. The fourth-order valence-corrected chi connectivity index (χ4v) is 4.43. The van der Waals surface area contributed by atoms with Gasteiger partial charge in [-0.05, 0) is 37.9 Å². The number of furan rings is 1. The van der Waals surface area contributed by atoms with Crippen LogP contribution in [0, 0.1) is 5.92 Å². The molecule has 1 atom stereocenters. The maximum absolute atomic E-state index is 13.2. The number of nitrogens with zero attached hydrogens (tertiary/aromatic N) is 1. The highest BCUT2D eigenvalue weighted by Gasteiger charge is 2.41. The van der Waals surface area contributed by atoms with Gasteiger partial charge in [-0.25, -0.2) is 0 Å². The van der Waals surface area contributed by atoms with Gasteiger partial charge in [0.1, 0.15) is 17.1 Å². The van der Waals surface area contributed by atoms with Crippen LogP contribution in [0.4, 0.5) is 13.2 Å². The first-order valence-electron chi connectivity index (χ1n) is 10.6. The van der Waals surface area contributed by atoms with Crippen LogP contribution in [0.15, 0.2) is 46.9 Å². The number of phenols is 1. The third-order valence-electron chi connectivity index (χ3n) is 6.08. The lowest BCUT2D eigenvalue weighted by Gasteiger charge is -2.33. The van der Waals surface area contributed by atoms with Gasteiger partial charge < -0.3 is 19.7 Å². The Balaban J connectivity index is 1.71. The number of hydrogen-bond donors (Lipinski definition) is 2. The highest BCUT2D eigenvalue weighted by Crippen LogP contribution is 2.39. The van der Waals surface area contributed by atoms with Crippen LogP contribution in [-0.2, 0) is 6.42 Å². The van der Waals surface area contributed by atoms with Crippen LogP contribution in [0.25, 0.3) is 22.3 Å². The Morgan fingerprint density at radius 2 is 1.97 bits per heavy atom. The molecule has 1 aliphatic rings. The number of rotatable bonds is 5. The van der Waals surface area contributed by atoms with Crippen molar-refractivity contribution >= 4 is 16.9 Å². The van der Waals surface area contributed by atoms with Gasteiger partial charge in [-0.2, -0.15) is 13.2 Å². The molecule has 4 rings (SSSR count). The number of hydrogen-bond acceptors (Lipinski definition) is 4. The first-order valence-corrected chi connectivity index (χ1v) is 10.6. The molecule has 5 nitrogen and oxygen atoms in total. The van der Waals surface area contributed by atoms with E-state index in [1.54, 1.807) is 11.0 Å². The van der Waals surface area contributed by atoms with E-state index in [2.05, 4.69) is 5.32 Å². The van der Waals surface area contributed by atoms with E-state index in [-0.39, 0.29) is 24.6 Å². The van der Waals surface area contributed by atoms with Crippen molar-refractivity contribution in [3.05, 3.63) is 53.6 Å². The topological polar surface area (TPSA) is 65.7 Å². The molecular formula is C24H25F3N2O3. The van der Waals surface area contributed by atoms with Crippen LogP contribution in [-0.4, -0.2) is 48.8 Å². The van der Waals surface area contributed by atoms with E-state index in [1.165, 1.54) is 13.1 Å². The van der Waals surface area contributed by atoms with Gasteiger partial charge in [-0.3, -0.25) is 4.79 Å². The summed E-state index contributed by atoms with van der Waals surface area (Å²) >= 11 is 0. The molecule has 170 valence electrons. The molecular weight excluding hydrogens is 421 g/mol. The highest BCUT2D eigenvalue weighted by molar-refractivity contribution is 6.12. The molecule has 0 spiro atoms. The Morgan fingerprint density at radius 3 is 2.66 bits per heavy atom. The maximum Gasteiger partial charge on any atom is 0.393 e. The molecule has 1 amide bonds. The molecule has 1 aliphatic heterocycles. The van der Waals surface area contributed by atoms with Crippen molar-refractivity contribution in [1.29, 1.82) is 0 Å². The van der Waals surface area contributed by atoms with Crippen molar-refractivity contribution < 1.29 is 27.5 Å². The first kappa shape index (κ1) is 22.2. The summed E-state index contributed by atoms with van der Waals surface area (Å²) in [4.78, 5) is 14.6. The fourth-order valence-electron chi connectivity index (χ4n) is 4.43. The smallest absolute Gasteiger partial charge is 0.393 e. The second-order valence-corrected chi connectivity index (χ2v) is 8.12. The Morgan fingerprint density at radius 1 is 1.22 bits per heavy atom. The van der Waals surface area contributed by atoms with Crippen LogP contribution >= 0.6 is 0 Å². The van der Waals surface area contributed by atoms with Crippen molar-refractivity contribution in [3.8, 4) is 17.1 Å². The minimum absolute atomic E-state index is 0.00699. The van der Waals surface area contributed by atoms with Gasteiger partial charge in [0, 0.05) is 36.7 Å². The predicted octanol–water partition coefficient (Wildman–Crippen LogP) is 4.98. The number of nitrogens with one attached hydrogen (secondary N) is 1. The first-order chi connectivity index (χ1) is 15.3. The molecule has 2 N–H and O–H groups in total. The fraction of sp³-hybridized carbons (Fsp3) is 0.375. The molecule has 8 heteroatoms. The molecule has 0 saturated carbocycles. The van der Waals surface area contributed by atoms with Crippen molar-refractivity contribution in [2.75, 3.05) is 26.7 Å². The summed E-state index contributed by atoms with van der Waals surface area (Å²) in [5.74, 6) is -1.31. The van der Waals surface area contributed by atoms with Crippen LogP contribution in [0.1, 0.15) is 28.8 Å². The number of phenolic OH excluding ortho intramolecular Hbond substituents is 1. The molecule has 1 fully saturated rings. The molecule has 2 heterocycles. The number of piperidine rings is 1. The Kier molecular flexibility index (Phi) is 6.15. The van der Waals surface area contributed by atoms with E-state index in [4.69, 9.17) is 4.42 Å². The summed E-state index contributed by atoms with van der Waals surface area (Å²) in [5.41, 5.74) is 1.98. The maximum atomic E-state index is 13.2. The zero-order chi connectivity index (χ0) is 22.9. The highest BCUT2D eigenvalue weighted by atomic mass is 19.4. The van der Waals surface area contributed by atoms with E-state index < -0.39 is 12.1 Å². The summed E-state index contributed by atoms with van der Waals surface area (Å²) < 4.78 is 45.5. The van der Waals surface area contributed by atoms with Crippen LogP contribution < -0.4 is 5.32 Å². The zero-order valence-corrected chi connectivity index (χ0v) is 17.7. The van der Waals surface area contributed by atoms with Gasteiger partial charge in [0.2, 0.25) is 0 Å². The number of halogens is 3. The normalized spacial score (nSPS) is 17.6. The largest absolute Gasteiger partial charge is 0.508 e. The zero-order valence-electron chi connectivity index (χ0n) is 17.7. The van der Waals surface area contributed by atoms with Crippen molar-refractivity contribution in [2.24, 2.45) is 5.92 Å². The number of carbonyl (C=O) groups is 1. The van der Waals surface area contributed by atoms with Crippen LogP contribution in [0.2, 0.25) is 0 Å². The molecule has 0 aliphatic carbocycles. The number of aromatic hydroxyl groups is 1. The van der Waals surface area contributed by atoms with Gasteiger partial charge >= 0.3 is 6.18 Å². The third-order valence-corrected chi connectivity index (χ3v) is 6.08. The van der Waals surface area contributed by atoms with Gasteiger partial charge in [0.25, 0.3) is 5.91 Å². The predicted molar refractivity (Wildman–Crippen MR) is 116 cm³/mol. The molecule has 1 saturated heterocycles. The molecule has 2 aromatic carbocycles. The Hall–Kier alpha value is -3.00. The lowest BCUT2D eigenvalue weighted by Crippen LogP contribution is -2.42. The number of carbonyl (C=O) groups excluding carboxylic acids is 1. The van der Waals surface area contributed by atoms with E-state index in [9.17, 15) is 23.1 Å². The monoisotopic (exact) mass is 446 g/mol. The molecule has 0 bridgehead atoms. The summed E-state index contributed by atoms with van der Waals surface area (Å²) in [6.07, 6.45) is -3.29. The number of benzene rings is 2. The van der Waals surface area contributed by atoms with E-state index in [0.717, 1.165) is 5.56 Å². The SMILES string of the molecule is CNC(=O)c1c(-c2ccccc2)oc2ccc(O)c(CCN3CCCC(C(F)(F)F)C3)c12. The van der Waals surface area contributed by atoms with Gasteiger partial charge in [-0.15, -0.1) is 0 Å². The second kappa shape index (κ2) is 8.86. The molecule has 1 aromatic heterocycles. The van der Waals surface area contributed by atoms with Gasteiger partial charge in [-0.1, -0.05) is 30.3 Å². The quantitative estimate of drug-likeness (QED) is 0.580. The van der Waals surface area contributed by atoms with Gasteiger partial charge in [0.15, 0.2) is 0 Å². The number of likely N-dealkylation sites (tertiary alicyclic amines) is 1. The lowest BCUT2D eigenvalue weighted by atomic mass is 9.95. The lowest BCUT2D eigenvalue weighted by molar-refractivity contribution is -0.186. The van der Waals surface area contributed by atoms with E-state index in [0.29, 0.717) is 53.8 Å². The average molecular weight is 446 g/mol. The summed E-state index contributed by atoms with van der Waals surface area (Å²) in [5, 5.41) is 13.7. The summed E-state index contributed by atoms with van der Waals surface area (Å²) in [6, 6.07) is 12.3. The summed E-state index contributed by atoms with van der Waals surface area (Å²) in [7, 11) is 1.52. The van der Waals surface area contributed by atoms with Crippen LogP contribution in [0.3, 0.4) is 0 Å². The van der Waals surface area contributed by atoms with Crippen LogP contribution in [0.5, 0.6) is 5.75 Å². The number of alkyl halides is 3. The molecule has 1 unspecified atom stereocenters. The van der Waals surface area contributed by atoms with E-state index in [1.807, 2.05) is 30.3 Å². The van der Waals surface area contributed by atoms with Gasteiger partial charge in [0.05, 0.1) is 11.5 Å². The minimum atomic E-state index is -4.21. The van der Waals surface area contributed by atoms with Crippen molar-refractivity contribution in [1.82, 2.24) is 10.2 Å². The van der Waals surface area contributed by atoms with Crippen molar-refractivity contribution in [2.45, 2.75) is 25.4 Å². The Bertz CT molecular complexity index is 1110. The minimum Gasteiger partial charge on any atom is -0.508 e. The molecule has 32 heavy (non-hydrogen) atoms. The molecule has 3 aromatic rings. The molecule has 0 radical (unpaired) electrons. The summed E-state index contributed by atoms with van der Waals surface area (Å²) in [6.45, 7) is 0.869. The van der Waals surface area contributed by atoms with E-state index >= 15 is 0 Å². The average Bonchev–Trinajstić information content (AvgIpc) is 3.18.